The normalized spacial score (nSPS) is 14.9. The molecule has 2 aliphatic heterocycles. The Morgan fingerprint density at radius 1 is 0.477 bits per heavy atom. The van der Waals surface area contributed by atoms with Gasteiger partial charge in [0.2, 0.25) is 0 Å². The van der Waals surface area contributed by atoms with Crippen LogP contribution in [0.3, 0.4) is 0 Å². The molecule has 0 fully saturated rings. The number of rotatable bonds is 10. The van der Waals surface area contributed by atoms with Gasteiger partial charge in [0.05, 0.1) is 0 Å². The largest absolute Gasteiger partial charge is 0.274 e. The van der Waals surface area contributed by atoms with Gasteiger partial charge in [-0.05, 0) is 47.9 Å². The van der Waals surface area contributed by atoms with E-state index in [4.69, 9.17) is 0 Å². The van der Waals surface area contributed by atoms with Gasteiger partial charge in [-0.25, -0.2) is 0 Å². The maximum atomic E-state index is 13.8. The van der Waals surface area contributed by atoms with Gasteiger partial charge in [-0.15, -0.1) is 0 Å². The molecule has 0 atom stereocenters. The minimum atomic E-state index is -0.270. The molecule has 224 valence electrons. The molecule has 0 aromatic heterocycles. The van der Waals surface area contributed by atoms with Crippen LogP contribution in [0.15, 0.2) is 45.3 Å². The van der Waals surface area contributed by atoms with Gasteiger partial charge < -0.3 is 0 Å². The predicted octanol–water partition coefficient (Wildman–Crippen LogP) is 9.61. The number of halogens is 2. The Kier molecular flexibility index (Phi) is 7.48. The van der Waals surface area contributed by atoms with Crippen LogP contribution in [0.2, 0.25) is 0 Å². The van der Waals surface area contributed by atoms with E-state index in [1.165, 1.54) is 9.80 Å². The second-order valence-corrected chi connectivity index (χ2v) is 13.7. The van der Waals surface area contributed by atoms with Crippen LogP contribution in [0.25, 0.3) is 43.1 Å². The number of imide groups is 2. The quantitative estimate of drug-likeness (QED) is 0.0625. The fraction of sp³-hybridized carbons (Fsp3) is 0.333. The zero-order valence-corrected chi connectivity index (χ0v) is 28.0. The molecule has 0 aliphatic carbocycles. The van der Waals surface area contributed by atoms with Gasteiger partial charge in [0.15, 0.2) is 0 Å². The summed E-state index contributed by atoms with van der Waals surface area (Å²) >= 11 is 7.58. The van der Waals surface area contributed by atoms with Crippen LogP contribution in [0.4, 0.5) is 0 Å². The molecule has 0 radical (unpaired) electrons. The van der Waals surface area contributed by atoms with Crippen LogP contribution in [-0.2, 0) is 0 Å². The van der Waals surface area contributed by atoms with Crippen molar-refractivity contribution < 1.29 is 19.2 Å². The maximum absolute atomic E-state index is 13.8. The summed E-state index contributed by atoms with van der Waals surface area (Å²) in [6.45, 7) is 5.07. The van der Waals surface area contributed by atoms with Crippen LogP contribution >= 0.6 is 31.9 Å². The molecule has 0 bridgehead atoms. The van der Waals surface area contributed by atoms with Crippen LogP contribution in [0.1, 0.15) is 107 Å². The fourth-order valence-electron chi connectivity index (χ4n) is 7.27. The van der Waals surface area contributed by atoms with E-state index in [2.05, 4.69) is 45.7 Å². The number of carbonyl (C=O) groups is 4. The first-order chi connectivity index (χ1) is 21.3. The van der Waals surface area contributed by atoms with Gasteiger partial charge in [0.1, 0.15) is 0 Å². The summed E-state index contributed by atoms with van der Waals surface area (Å²) in [6.07, 6.45) is 7.79. The highest BCUT2D eigenvalue weighted by atomic mass is 79.9. The molecular weight excluding hydrogens is 684 g/mol. The van der Waals surface area contributed by atoms with Crippen molar-refractivity contribution >= 4 is 98.6 Å². The molecule has 7 rings (SSSR count). The number of benzene rings is 5. The zero-order valence-electron chi connectivity index (χ0n) is 24.8. The summed E-state index contributed by atoms with van der Waals surface area (Å²) in [5, 5.41) is 6.45. The molecule has 6 nitrogen and oxygen atoms in total. The first-order valence-electron chi connectivity index (χ1n) is 15.6. The average molecular weight is 716 g/mol. The molecular formula is C36H32Br2N2O4. The lowest BCUT2D eigenvalue weighted by atomic mass is 9.82. The van der Waals surface area contributed by atoms with Gasteiger partial charge >= 0.3 is 0 Å². The summed E-state index contributed by atoms with van der Waals surface area (Å²) in [4.78, 5) is 57.9. The molecule has 0 unspecified atom stereocenters. The molecule has 5 aromatic carbocycles. The smallest absolute Gasteiger partial charge is 0.261 e. The fourth-order valence-corrected chi connectivity index (χ4v) is 8.55. The molecule has 4 amide bonds. The second kappa shape index (κ2) is 11.2. The van der Waals surface area contributed by atoms with Crippen molar-refractivity contribution in [2.45, 2.75) is 65.2 Å². The minimum Gasteiger partial charge on any atom is -0.274 e. The second-order valence-electron chi connectivity index (χ2n) is 12.0. The van der Waals surface area contributed by atoms with Gasteiger partial charge in [-0.2, -0.15) is 0 Å². The van der Waals surface area contributed by atoms with E-state index in [1.54, 1.807) is 0 Å². The number of nitrogens with zero attached hydrogens (tertiary/aromatic N) is 2. The van der Waals surface area contributed by atoms with Gasteiger partial charge in [0.25, 0.3) is 23.6 Å². The topological polar surface area (TPSA) is 74.8 Å². The monoisotopic (exact) mass is 714 g/mol. The summed E-state index contributed by atoms with van der Waals surface area (Å²) in [5.74, 6) is -1.06. The van der Waals surface area contributed by atoms with Crippen molar-refractivity contribution in [2.75, 3.05) is 13.1 Å². The lowest BCUT2D eigenvalue weighted by Gasteiger charge is -2.31. The average Bonchev–Trinajstić information content (AvgIpc) is 3.01. The van der Waals surface area contributed by atoms with Crippen LogP contribution in [0.5, 0.6) is 0 Å². The SMILES string of the molecule is CCCCCCN1C(=O)c2ccc3c4c(Br)cc5c6c(ccc(c7c(Br)cc(c2c37)C1=O)c64)C(=O)N(CCCCCC)C5=O. The van der Waals surface area contributed by atoms with Crippen molar-refractivity contribution in [3.8, 4) is 0 Å². The molecule has 2 heterocycles. The molecule has 2 aliphatic rings. The third-order valence-corrected chi connectivity index (χ3v) is 10.6. The zero-order chi connectivity index (χ0) is 30.9. The Morgan fingerprint density at radius 2 is 0.864 bits per heavy atom. The lowest BCUT2D eigenvalue weighted by Crippen LogP contribution is -2.41. The Bertz CT molecular complexity index is 1920. The molecule has 8 heteroatoms. The van der Waals surface area contributed by atoms with Crippen LogP contribution in [-0.4, -0.2) is 46.5 Å². The Labute approximate surface area is 272 Å². The first kappa shape index (κ1) is 29.4. The maximum Gasteiger partial charge on any atom is 0.261 e. The van der Waals surface area contributed by atoms with E-state index >= 15 is 0 Å². The van der Waals surface area contributed by atoms with Crippen LogP contribution < -0.4 is 0 Å². The summed E-state index contributed by atoms with van der Waals surface area (Å²) in [7, 11) is 0. The van der Waals surface area contributed by atoms with Crippen molar-refractivity contribution in [3.63, 3.8) is 0 Å². The highest BCUT2D eigenvalue weighted by Gasteiger charge is 2.37. The molecule has 5 aromatic rings. The van der Waals surface area contributed by atoms with E-state index in [1.807, 2.05) is 36.4 Å². The predicted molar refractivity (Wildman–Crippen MR) is 182 cm³/mol. The summed E-state index contributed by atoms with van der Waals surface area (Å²) < 4.78 is 1.47. The molecule has 44 heavy (non-hydrogen) atoms. The Hall–Kier alpha value is -3.36. The Balaban J connectivity index is 1.46. The summed E-state index contributed by atoms with van der Waals surface area (Å²) in [5.41, 5.74) is 2.07. The number of fused-ring (bicyclic) bond motifs is 2. The first-order valence-corrected chi connectivity index (χ1v) is 17.2. The lowest BCUT2D eigenvalue weighted by molar-refractivity contribution is 0.0592. The van der Waals surface area contributed by atoms with Crippen molar-refractivity contribution in [1.29, 1.82) is 0 Å². The highest BCUT2D eigenvalue weighted by Crippen LogP contribution is 2.50. The number of hydrogen-bond donors (Lipinski definition) is 0. The molecule has 0 N–H and O–H groups in total. The number of hydrogen-bond acceptors (Lipinski definition) is 4. The van der Waals surface area contributed by atoms with Gasteiger partial charge in [-0.3, -0.25) is 29.0 Å². The highest BCUT2D eigenvalue weighted by molar-refractivity contribution is 9.11. The number of unbranched alkanes of at least 4 members (excludes halogenated alkanes) is 6. The third kappa shape index (κ3) is 4.17. The Morgan fingerprint density at radius 3 is 1.25 bits per heavy atom. The van der Waals surface area contributed by atoms with E-state index in [9.17, 15) is 19.2 Å². The van der Waals surface area contributed by atoms with Crippen LogP contribution in [0, 0.1) is 0 Å². The van der Waals surface area contributed by atoms with Gasteiger partial charge in [0, 0.05) is 76.6 Å². The van der Waals surface area contributed by atoms with Crippen molar-refractivity contribution in [1.82, 2.24) is 9.80 Å². The van der Waals surface area contributed by atoms with E-state index < -0.39 is 0 Å². The van der Waals surface area contributed by atoms with E-state index in [0.717, 1.165) is 92.6 Å². The summed E-state index contributed by atoms with van der Waals surface area (Å²) in [6, 6.07) is 11.2. The van der Waals surface area contributed by atoms with E-state index in [-0.39, 0.29) is 23.6 Å². The van der Waals surface area contributed by atoms with E-state index in [0.29, 0.717) is 46.1 Å². The van der Waals surface area contributed by atoms with Gasteiger partial charge in [-0.1, -0.05) is 96.4 Å². The molecule has 0 spiro atoms. The number of carbonyl (C=O) groups excluding carboxylic acids is 4. The minimum absolute atomic E-state index is 0.260. The third-order valence-electron chi connectivity index (χ3n) is 9.38. The molecule has 0 saturated heterocycles. The standard InChI is InChI=1S/C36H32Br2N2O4/c1-3-5-7-9-15-39-33(41)21-13-11-19-30-26(38)18-24-28-22(34(42)40(36(24)44)16-10-8-6-4-2)14-12-20(32(28)30)29-25(37)17-23(35(39)43)27(21)31(19)29/h11-14,17-18H,3-10,15-16H2,1-2H3. The number of amides is 4. The van der Waals surface area contributed by atoms with Crippen molar-refractivity contribution in [2.24, 2.45) is 0 Å². The van der Waals surface area contributed by atoms with Crippen molar-refractivity contribution in [3.05, 3.63) is 67.6 Å². The molecule has 0 saturated carbocycles.